The predicted molar refractivity (Wildman–Crippen MR) is 120 cm³/mol. The zero-order valence-corrected chi connectivity index (χ0v) is 18.0. The number of hydrogen-bond acceptors (Lipinski definition) is 4. The number of amides is 1. The second kappa shape index (κ2) is 9.06. The normalized spacial score (nSPS) is 10.8. The van der Waals surface area contributed by atoms with E-state index in [-0.39, 0.29) is 18.3 Å². The monoisotopic (exact) mass is 435 g/mol. The van der Waals surface area contributed by atoms with Crippen LogP contribution in [0.5, 0.6) is 5.75 Å². The maximum absolute atomic E-state index is 12.5. The molecule has 0 atom stereocenters. The number of carbonyl (C=O) groups excluding carboxylic acids is 1. The Bertz CT molecular complexity index is 1210. The van der Waals surface area contributed by atoms with Crippen LogP contribution in [0.3, 0.4) is 0 Å². The van der Waals surface area contributed by atoms with E-state index in [0.717, 1.165) is 5.56 Å². The number of aryl methyl sites for hydroxylation is 2. The van der Waals surface area contributed by atoms with E-state index in [1.54, 1.807) is 33.8 Å². The van der Waals surface area contributed by atoms with Crippen LogP contribution in [0.1, 0.15) is 27.2 Å². The van der Waals surface area contributed by atoms with Crippen molar-refractivity contribution in [2.75, 3.05) is 5.32 Å². The van der Waals surface area contributed by atoms with Gasteiger partial charge >= 0.3 is 0 Å². The van der Waals surface area contributed by atoms with Gasteiger partial charge in [0.15, 0.2) is 18.2 Å². The van der Waals surface area contributed by atoms with Crippen molar-refractivity contribution in [2.24, 2.45) is 0 Å². The summed E-state index contributed by atoms with van der Waals surface area (Å²) in [6.07, 6.45) is 3.53. The minimum absolute atomic E-state index is 0.181. The lowest BCUT2D eigenvalue weighted by molar-refractivity contribution is 0.101. The van der Waals surface area contributed by atoms with Crippen LogP contribution < -0.4 is 10.1 Å². The fourth-order valence-corrected chi connectivity index (χ4v) is 3.35. The molecular formula is C23H22ClN5O2. The van der Waals surface area contributed by atoms with Gasteiger partial charge in [-0.1, -0.05) is 35.9 Å². The second-order valence-corrected chi connectivity index (χ2v) is 7.64. The number of carbonyl (C=O) groups is 1. The summed E-state index contributed by atoms with van der Waals surface area (Å²) >= 11 is 5.96. The fourth-order valence-electron chi connectivity index (χ4n) is 3.12. The van der Waals surface area contributed by atoms with E-state index in [0.29, 0.717) is 23.1 Å². The number of nitrogens with zero attached hydrogens (tertiary/aromatic N) is 4. The van der Waals surface area contributed by atoms with E-state index in [1.807, 2.05) is 37.4 Å². The van der Waals surface area contributed by atoms with Crippen molar-refractivity contribution >= 4 is 23.3 Å². The lowest BCUT2D eigenvalue weighted by Gasteiger charge is -2.09. The van der Waals surface area contributed by atoms with Gasteiger partial charge in [0.05, 0.1) is 6.54 Å². The van der Waals surface area contributed by atoms with Gasteiger partial charge < -0.3 is 10.1 Å². The Kier molecular flexibility index (Phi) is 6.04. The van der Waals surface area contributed by atoms with Crippen LogP contribution in [-0.2, 0) is 13.3 Å². The first kappa shape index (κ1) is 20.7. The molecule has 0 saturated carbocycles. The Morgan fingerprint density at radius 1 is 1.00 bits per heavy atom. The lowest BCUT2D eigenvalue weighted by Crippen LogP contribution is -2.15. The number of ether oxygens (including phenoxy) is 1. The fraction of sp³-hybridized carbons (Fsp3) is 0.174. The third-order valence-electron chi connectivity index (χ3n) is 4.84. The number of anilines is 1. The molecule has 2 aromatic carbocycles. The van der Waals surface area contributed by atoms with E-state index in [2.05, 4.69) is 34.6 Å². The molecule has 0 spiro atoms. The van der Waals surface area contributed by atoms with E-state index in [4.69, 9.17) is 16.3 Å². The molecule has 0 fully saturated rings. The zero-order chi connectivity index (χ0) is 21.8. The highest BCUT2D eigenvalue weighted by Gasteiger charge is 2.12. The van der Waals surface area contributed by atoms with Crippen LogP contribution >= 0.6 is 11.6 Å². The molecule has 1 amide bonds. The molecule has 0 aliphatic rings. The molecule has 0 aliphatic carbocycles. The minimum atomic E-state index is -0.331. The molecule has 8 heteroatoms. The summed E-state index contributed by atoms with van der Waals surface area (Å²) < 4.78 is 9.10. The Morgan fingerprint density at radius 2 is 1.81 bits per heavy atom. The number of halogens is 1. The summed E-state index contributed by atoms with van der Waals surface area (Å²) in [6.45, 7) is 4.80. The first-order valence-electron chi connectivity index (χ1n) is 9.79. The van der Waals surface area contributed by atoms with E-state index in [9.17, 15) is 4.79 Å². The highest BCUT2D eigenvalue weighted by atomic mass is 35.5. The highest BCUT2D eigenvalue weighted by molar-refractivity contribution is 6.30. The molecule has 0 unspecified atom stereocenters. The van der Waals surface area contributed by atoms with Crippen LogP contribution in [-0.4, -0.2) is 25.5 Å². The third kappa shape index (κ3) is 5.13. The quantitative estimate of drug-likeness (QED) is 0.457. The maximum atomic E-state index is 12.5. The van der Waals surface area contributed by atoms with E-state index >= 15 is 0 Å². The third-order valence-corrected chi connectivity index (χ3v) is 5.07. The second-order valence-electron chi connectivity index (χ2n) is 7.20. The Labute approximate surface area is 185 Å². The number of aromatic nitrogens is 4. The largest absolute Gasteiger partial charge is 0.471 e. The molecule has 4 aromatic rings. The van der Waals surface area contributed by atoms with Crippen molar-refractivity contribution in [3.8, 4) is 5.75 Å². The molecule has 7 nitrogen and oxygen atoms in total. The Morgan fingerprint density at radius 3 is 2.61 bits per heavy atom. The molecule has 0 saturated heterocycles. The summed E-state index contributed by atoms with van der Waals surface area (Å²) in [5, 5.41) is 12.1. The topological polar surface area (TPSA) is 74.0 Å². The summed E-state index contributed by atoms with van der Waals surface area (Å²) in [5.74, 6) is 0.855. The van der Waals surface area contributed by atoms with Crippen molar-refractivity contribution in [2.45, 2.75) is 27.1 Å². The lowest BCUT2D eigenvalue weighted by atomic mass is 10.1. The Hall–Kier alpha value is -3.58. The standard InChI is InChI=1S/C23H22ClN5O2/c1-16-5-3-4-6-18(16)14-28-12-10-22(27-28)25-23(30)20-9-11-29(26-20)15-31-21-8-7-19(24)13-17(21)2/h3-13H,14-15H2,1-2H3,(H,25,27,30). The number of benzene rings is 2. The van der Waals surface area contributed by atoms with Crippen LogP contribution in [0.25, 0.3) is 0 Å². The molecule has 158 valence electrons. The van der Waals surface area contributed by atoms with Crippen LogP contribution in [0, 0.1) is 13.8 Å². The first-order valence-corrected chi connectivity index (χ1v) is 10.2. The van der Waals surface area contributed by atoms with Crippen LogP contribution in [0.15, 0.2) is 67.0 Å². The molecule has 2 heterocycles. The number of nitrogens with one attached hydrogen (secondary N) is 1. The first-order chi connectivity index (χ1) is 15.0. The van der Waals surface area contributed by atoms with Gasteiger partial charge in [-0.3, -0.25) is 9.48 Å². The molecule has 31 heavy (non-hydrogen) atoms. The molecule has 2 aromatic heterocycles. The van der Waals surface area contributed by atoms with Gasteiger partial charge in [-0.25, -0.2) is 4.68 Å². The summed E-state index contributed by atoms with van der Waals surface area (Å²) in [6, 6.07) is 16.9. The maximum Gasteiger partial charge on any atom is 0.277 e. The molecule has 0 aliphatic heterocycles. The molecule has 0 bridgehead atoms. The van der Waals surface area contributed by atoms with Crippen LogP contribution in [0.4, 0.5) is 5.82 Å². The SMILES string of the molecule is Cc1ccccc1Cn1ccc(NC(=O)c2ccn(COc3ccc(Cl)cc3C)n2)n1. The van der Waals surface area contributed by atoms with Crippen molar-refractivity contribution < 1.29 is 9.53 Å². The molecule has 4 rings (SSSR count). The smallest absolute Gasteiger partial charge is 0.277 e. The van der Waals surface area contributed by atoms with Crippen molar-refractivity contribution in [3.05, 3.63) is 94.4 Å². The minimum Gasteiger partial charge on any atom is -0.471 e. The van der Waals surface area contributed by atoms with Gasteiger partial charge in [-0.2, -0.15) is 10.2 Å². The average molecular weight is 436 g/mol. The van der Waals surface area contributed by atoms with Gasteiger partial charge in [0.1, 0.15) is 5.75 Å². The van der Waals surface area contributed by atoms with Gasteiger partial charge in [-0.15, -0.1) is 0 Å². The predicted octanol–water partition coefficient (Wildman–Crippen LogP) is 4.69. The van der Waals surface area contributed by atoms with Crippen LogP contribution in [0.2, 0.25) is 5.02 Å². The van der Waals surface area contributed by atoms with Gasteiger partial charge in [0.2, 0.25) is 0 Å². The van der Waals surface area contributed by atoms with Crippen molar-refractivity contribution in [1.82, 2.24) is 19.6 Å². The zero-order valence-electron chi connectivity index (χ0n) is 17.2. The Balaban J connectivity index is 1.35. The number of rotatable bonds is 7. The van der Waals surface area contributed by atoms with Gasteiger partial charge in [-0.05, 0) is 54.8 Å². The summed E-state index contributed by atoms with van der Waals surface area (Å²) in [4.78, 5) is 12.5. The number of hydrogen-bond donors (Lipinski definition) is 1. The van der Waals surface area contributed by atoms with Crippen molar-refractivity contribution in [3.63, 3.8) is 0 Å². The van der Waals surface area contributed by atoms with Crippen molar-refractivity contribution in [1.29, 1.82) is 0 Å². The molecular weight excluding hydrogens is 414 g/mol. The van der Waals surface area contributed by atoms with Gasteiger partial charge in [0.25, 0.3) is 5.91 Å². The average Bonchev–Trinajstić information content (AvgIpc) is 3.39. The van der Waals surface area contributed by atoms with Gasteiger partial charge in [0, 0.05) is 23.5 Å². The molecule has 0 radical (unpaired) electrons. The highest BCUT2D eigenvalue weighted by Crippen LogP contribution is 2.22. The molecule has 1 N–H and O–H groups in total. The van der Waals surface area contributed by atoms with E-state index < -0.39 is 0 Å². The van der Waals surface area contributed by atoms with E-state index in [1.165, 1.54) is 11.1 Å². The summed E-state index contributed by atoms with van der Waals surface area (Å²) in [7, 11) is 0. The summed E-state index contributed by atoms with van der Waals surface area (Å²) in [5.41, 5.74) is 3.59.